The van der Waals surface area contributed by atoms with Crippen LogP contribution in [0.25, 0.3) is 21.3 Å². The third-order valence-corrected chi connectivity index (χ3v) is 6.12. The van der Waals surface area contributed by atoms with E-state index < -0.39 is 0 Å². The quantitative estimate of drug-likeness (QED) is 0.568. The first kappa shape index (κ1) is 15.5. The van der Waals surface area contributed by atoms with Gasteiger partial charge in [-0.1, -0.05) is 44.2 Å². The summed E-state index contributed by atoms with van der Waals surface area (Å²) < 4.78 is 0. The first-order valence-electron chi connectivity index (χ1n) is 8.38. The molecule has 3 heteroatoms. The van der Waals surface area contributed by atoms with Gasteiger partial charge in [-0.3, -0.25) is 4.79 Å². The standard InChI is InChI=1S/C21H21NOS/c1-12-13(2)24-20-17(12)18(14-8-6-5-7-9-14)19-15(22-20)10-21(3,4)11-16(19)23/h5-9H,10-11H2,1-4H3. The lowest BCUT2D eigenvalue weighted by Gasteiger charge is -2.31. The van der Waals surface area contributed by atoms with Gasteiger partial charge >= 0.3 is 0 Å². The number of hydrogen-bond donors (Lipinski definition) is 0. The van der Waals surface area contributed by atoms with Crippen LogP contribution in [0, 0.1) is 19.3 Å². The van der Waals surface area contributed by atoms with Gasteiger partial charge in [-0.2, -0.15) is 0 Å². The van der Waals surface area contributed by atoms with E-state index in [4.69, 9.17) is 4.98 Å². The van der Waals surface area contributed by atoms with Gasteiger partial charge in [0.1, 0.15) is 4.83 Å². The highest BCUT2D eigenvalue weighted by Gasteiger charge is 2.35. The van der Waals surface area contributed by atoms with Crippen LogP contribution in [-0.2, 0) is 6.42 Å². The molecule has 0 N–H and O–H groups in total. The summed E-state index contributed by atoms with van der Waals surface area (Å²) in [6.07, 6.45) is 1.45. The molecule has 24 heavy (non-hydrogen) atoms. The lowest BCUT2D eigenvalue weighted by Crippen LogP contribution is -2.28. The minimum Gasteiger partial charge on any atom is -0.294 e. The number of pyridine rings is 1. The number of hydrogen-bond acceptors (Lipinski definition) is 3. The molecule has 1 aliphatic carbocycles. The first-order valence-corrected chi connectivity index (χ1v) is 9.20. The summed E-state index contributed by atoms with van der Waals surface area (Å²) in [6.45, 7) is 8.60. The van der Waals surface area contributed by atoms with Gasteiger partial charge in [-0.25, -0.2) is 4.98 Å². The van der Waals surface area contributed by atoms with Crippen molar-refractivity contribution >= 4 is 27.3 Å². The molecule has 2 heterocycles. The first-order chi connectivity index (χ1) is 11.4. The maximum atomic E-state index is 13.0. The molecule has 3 aromatic rings. The summed E-state index contributed by atoms with van der Waals surface area (Å²) in [7, 11) is 0. The Morgan fingerprint density at radius 2 is 1.75 bits per heavy atom. The molecular formula is C21H21NOS. The molecule has 0 saturated carbocycles. The SMILES string of the molecule is Cc1sc2nc3c(c(-c4ccccc4)c2c1C)C(=O)CC(C)(C)C3. The topological polar surface area (TPSA) is 30.0 Å². The molecule has 0 spiro atoms. The summed E-state index contributed by atoms with van der Waals surface area (Å²) in [5, 5.41) is 1.16. The second-order valence-corrected chi connectivity index (χ2v) is 8.78. The monoisotopic (exact) mass is 335 g/mol. The number of thiophene rings is 1. The largest absolute Gasteiger partial charge is 0.294 e. The van der Waals surface area contributed by atoms with Crippen molar-refractivity contribution in [1.29, 1.82) is 0 Å². The van der Waals surface area contributed by atoms with Crippen molar-refractivity contribution in [2.45, 2.75) is 40.5 Å². The second kappa shape index (κ2) is 5.25. The van der Waals surface area contributed by atoms with Crippen molar-refractivity contribution in [1.82, 2.24) is 4.98 Å². The van der Waals surface area contributed by atoms with Crippen LogP contribution in [0.4, 0.5) is 0 Å². The Labute approximate surface area is 146 Å². The minimum absolute atomic E-state index is 0.0138. The van der Waals surface area contributed by atoms with Gasteiger partial charge in [0.15, 0.2) is 5.78 Å². The van der Waals surface area contributed by atoms with E-state index in [-0.39, 0.29) is 11.2 Å². The number of ketones is 1. The van der Waals surface area contributed by atoms with E-state index in [0.717, 1.165) is 39.0 Å². The fourth-order valence-electron chi connectivity index (χ4n) is 3.79. The molecule has 1 aliphatic rings. The number of carbonyl (C=O) groups excluding carboxylic acids is 1. The van der Waals surface area contributed by atoms with Gasteiger partial charge in [0, 0.05) is 27.8 Å². The summed E-state index contributed by atoms with van der Waals surface area (Å²) in [5.74, 6) is 0.234. The average molecular weight is 335 g/mol. The minimum atomic E-state index is -0.0138. The molecule has 0 amide bonds. The number of aromatic nitrogens is 1. The molecule has 0 aliphatic heterocycles. The van der Waals surface area contributed by atoms with Gasteiger partial charge in [-0.15, -0.1) is 11.3 Å². The van der Waals surface area contributed by atoms with E-state index in [1.54, 1.807) is 11.3 Å². The predicted octanol–water partition coefficient (Wildman–Crippen LogP) is 5.74. The second-order valence-electron chi connectivity index (χ2n) is 7.58. The van der Waals surface area contributed by atoms with Crippen LogP contribution in [0.3, 0.4) is 0 Å². The number of aryl methyl sites for hydroxylation is 2. The molecule has 2 nitrogen and oxygen atoms in total. The lowest BCUT2D eigenvalue weighted by molar-refractivity contribution is 0.0911. The fraction of sp³-hybridized carbons (Fsp3) is 0.333. The van der Waals surface area contributed by atoms with Crippen LogP contribution in [0.2, 0.25) is 0 Å². The zero-order valence-corrected chi connectivity index (χ0v) is 15.4. The van der Waals surface area contributed by atoms with Crippen LogP contribution >= 0.6 is 11.3 Å². The Kier molecular flexibility index (Phi) is 3.40. The number of fused-ring (bicyclic) bond motifs is 2. The molecule has 1 aromatic carbocycles. The lowest BCUT2D eigenvalue weighted by atomic mass is 9.73. The maximum Gasteiger partial charge on any atom is 0.165 e. The van der Waals surface area contributed by atoms with Crippen LogP contribution in [0.1, 0.15) is 46.8 Å². The Morgan fingerprint density at radius 3 is 2.46 bits per heavy atom. The Bertz CT molecular complexity index is 967. The molecule has 2 aromatic heterocycles. The smallest absolute Gasteiger partial charge is 0.165 e. The van der Waals surface area contributed by atoms with E-state index in [9.17, 15) is 4.79 Å². The Balaban J connectivity index is 2.15. The summed E-state index contributed by atoms with van der Waals surface area (Å²) in [4.78, 5) is 20.3. The number of nitrogens with zero attached hydrogens (tertiary/aromatic N) is 1. The summed E-state index contributed by atoms with van der Waals surface area (Å²) >= 11 is 1.74. The van der Waals surface area contributed by atoms with Gasteiger partial charge in [0.05, 0.1) is 5.69 Å². The van der Waals surface area contributed by atoms with E-state index in [2.05, 4.69) is 39.8 Å². The normalized spacial score (nSPS) is 16.4. The zero-order chi connectivity index (χ0) is 17.1. The zero-order valence-electron chi connectivity index (χ0n) is 14.6. The highest BCUT2D eigenvalue weighted by atomic mass is 32.1. The number of carbonyl (C=O) groups is 1. The summed E-state index contributed by atoms with van der Waals surface area (Å²) in [5.41, 5.74) is 5.28. The van der Waals surface area contributed by atoms with Crippen molar-refractivity contribution in [3.8, 4) is 11.1 Å². The molecule has 0 bridgehead atoms. The number of benzene rings is 1. The Morgan fingerprint density at radius 1 is 1.04 bits per heavy atom. The van der Waals surface area contributed by atoms with Crippen molar-refractivity contribution < 1.29 is 4.79 Å². The van der Waals surface area contributed by atoms with Gasteiger partial charge in [0.2, 0.25) is 0 Å². The van der Waals surface area contributed by atoms with Crippen molar-refractivity contribution in [2.24, 2.45) is 5.41 Å². The van der Waals surface area contributed by atoms with Gasteiger partial charge < -0.3 is 0 Å². The molecular weight excluding hydrogens is 314 g/mol. The fourth-order valence-corrected chi connectivity index (χ4v) is 4.85. The van der Waals surface area contributed by atoms with Crippen molar-refractivity contribution in [3.63, 3.8) is 0 Å². The molecule has 0 unspecified atom stereocenters. The molecule has 4 rings (SSSR count). The predicted molar refractivity (Wildman–Crippen MR) is 101 cm³/mol. The van der Waals surface area contributed by atoms with E-state index in [1.807, 2.05) is 18.2 Å². The Hall–Kier alpha value is -2.00. The van der Waals surface area contributed by atoms with Crippen molar-refractivity contribution in [3.05, 3.63) is 52.0 Å². The molecule has 122 valence electrons. The van der Waals surface area contributed by atoms with E-state index in [0.29, 0.717) is 6.42 Å². The summed E-state index contributed by atoms with van der Waals surface area (Å²) in [6, 6.07) is 10.3. The van der Waals surface area contributed by atoms with Crippen LogP contribution in [-0.4, -0.2) is 10.8 Å². The highest BCUT2D eigenvalue weighted by Crippen LogP contribution is 2.44. The van der Waals surface area contributed by atoms with Crippen LogP contribution in [0.5, 0.6) is 0 Å². The highest BCUT2D eigenvalue weighted by molar-refractivity contribution is 7.18. The van der Waals surface area contributed by atoms with E-state index in [1.165, 1.54) is 10.4 Å². The van der Waals surface area contributed by atoms with Crippen LogP contribution in [0.15, 0.2) is 30.3 Å². The van der Waals surface area contributed by atoms with Crippen molar-refractivity contribution in [2.75, 3.05) is 0 Å². The molecule has 0 atom stereocenters. The van der Waals surface area contributed by atoms with Gasteiger partial charge in [-0.05, 0) is 36.8 Å². The molecule has 0 fully saturated rings. The van der Waals surface area contributed by atoms with Gasteiger partial charge in [0.25, 0.3) is 0 Å². The van der Waals surface area contributed by atoms with Crippen LogP contribution < -0.4 is 0 Å². The number of rotatable bonds is 1. The average Bonchev–Trinajstić information content (AvgIpc) is 2.79. The third-order valence-electron chi connectivity index (χ3n) is 5.02. The number of Topliss-reactive ketones (excluding diaryl/α,β-unsaturated/α-hetero) is 1. The molecule has 0 saturated heterocycles. The van der Waals surface area contributed by atoms with E-state index >= 15 is 0 Å². The third kappa shape index (κ3) is 2.30. The maximum absolute atomic E-state index is 13.0. The molecule has 0 radical (unpaired) electrons.